The molecular formula is C5H6N3O2S. The highest BCUT2D eigenvalue weighted by Crippen LogP contribution is 1.98. The zero-order chi connectivity index (χ0) is 8.43. The van der Waals surface area contributed by atoms with E-state index < -0.39 is 5.56 Å². The lowest BCUT2D eigenvalue weighted by atomic mass is 10.8. The van der Waals surface area contributed by atoms with Crippen molar-refractivity contribution in [1.29, 1.82) is 0 Å². The quantitative estimate of drug-likeness (QED) is 0.585. The molecule has 0 saturated heterocycles. The molecule has 0 unspecified atom stereocenters. The second kappa shape index (κ2) is 2.83. The lowest BCUT2D eigenvalue weighted by Crippen LogP contribution is -2.17. The average Bonchev–Trinajstić information content (AvgIpc) is 1.97. The van der Waals surface area contributed by atoms with Gasteiger partial charge in [-0.05, 0) is 12.6 Å². The Bertz CT molecular complexity index is 322. The first-order valence-corrected chi connectivity index (χ1v) is 3.22. The van der Waals surface area contributed by atoms with Crippen LogP contribution < -0.4 is 10.3 Å². The molecule has 1 aromatic heterocycles. The topological polar surface area (TPSA) is 57.0 Å². The number of hydrogen-bond donors (Lipinski definition) is 0. The van der Waals surface area contributed by atoms with Gasteiger partial charge in [-0.2, -0.15) is 4.98 Å². The Kier molecular flexibility index (Phi) is 2.04. The predicted octanol–water partition coefficient (Wildman–Crippen LogP) is -0.260. The van der Waals surface area contributed by atoms with Crippen molar-refractivity contribution < 1.29 is 4.74 Å². The average molecular weight is 172 g/mol. The Balaban J connectivity index is 3.32. The van der Waals surface area contributed by atoms with Crippen LogP contribution in [0, 0.1) is 0 Å². The molecule has 6 heteroatoms. The molecule has 0 aromatic carbocycles. The highest BCUT2D eigenvalue weighted by atomic mass is 32.1. The van der Waals surface area contributed by atoms with Crippen molar-refractivity contribution in [3.8, 4) is 5.88 Å². The van der Waals surface area contributed by atoms with Crippen molar-refractivity contribution >= 4 is 12.6 Å². The van der Waals surface area contributed by atoms with Gasteiger partial charge in [0, 0.05) is 7.05 Å². The summed E-state index contributed by atoms with van der Waals surface area (Å²) in [5, 5.41) is 3.85. The number of ether oxygens (including phenoxy) is 1. The Labute approximate surface area is 68.4 Å². The van der Waals surface area contributed by atoms with E-state index in [0.29, 0.717) is 0 Å². The van der Waals surface area contributed by atoms with Crippen molar-refractivity contribution in [2.45, 2.75) is 5.16 Å². The van der Waals surface area contributed by atoms with Crippen LogP contribution >= 0.6 is 12.6 Å². The first-order chi connectivity index (χ1) is 5.15. The number of aryl methyl sites for hydroxylation is 1. The molecule has 1 rings (SSSR count). The van der Waals surface area contributed by atoms with E-state index in [9.17, 15) is 4.79 Å². The van der Waals surface area contributed by atoms with Crippen molar-refractivity contribution in [3.63, 3.8) is 0 Å². The van der Waals surface area contributed by atoms with E-state index in [-0.39, 0.29) is 11.0 Å². The molecule has 5 nitrogen and oxygen atoms in total. The largest absolute Gasteiger partial charge is 0.476 e. The van der Waals surface area contributed by atoms with Gasteiger partial charge in [0.15, 0.2) is 0 Å². The van der Waals surface area contributed by atoms with Gasteiger partial charge < -0.3 is 4.74 Å². The van der Waals surface area contributed by atoms with Gasteiger partial charge >= 0.3 is 5.56 Å². The molecule has 0 aliphatic rings. The lowest BCUT2D eigenvalue weighted by Gasteiger charge is -2.00. The molecule has 0 aliphatic heterocycles. The maximum Gasteiger partial charge on any atom is 0.336 e. The molecule has 0 fully saturated rings. The van der Waals surface area contributed by atoms with Gasteiger partial charge in [0.1, 0.15) is 0 Å². The van der Waals surface area contributed by atoms with Gasteiger partial charge in [-0.1, -0.05) is 0 Å². The molecule has 0 atom stereocenters. The third-order valence-electron chi connectivity index (χ3n) is 1.09. The molecule has 1 aromatic rings. The van der Waals surface area contributed by atoms with Crippen LogP contribution in [-0.2, 0) is 7.05 Å². The minimum Gasteiger partial charge on any atom is -0.476 e. The Morgan fingerprint density at radius 3 is 2.82 bits per heavy atom. The Morgan fingerprint density at radius 2 is 2.27 bits per heavy atom. The maximum absolute atomic E-state index is 10.8. The van der Waals surface area contributed by atoms with E-state index in [0.717, 1.165) is 0 Å². The molecule has 0 amide bonds. The molecular weight excluding hydrogens is 166 g/mol. The van der Waals surface area contributed by atoms with Crippen LogP contribution in [0.1, 0.15) is 0 Å². The van der Waals surface area contributed by atoms with Crippen LogP contribution in [0.3, 0.4) is 0 Å². The summed E-state index contributed by atoms with van der Waals surface area (Å²) < 4.78 is 5.93. The zero-order valence-corrected chi connectivity index (χ0v) is 6.88. The number of aromatic nitrogens is 3. The first-order valence-electron chi connectivity index (χ1n) is 2.81. The number of nitrogens with zero attached hydrogens (tertiary/aromatic N) is 3. The molecule has 1 heterocycles. The molecule has 0 saturated carbocycles. The van der Waals surface area contributed by atoms with Gasteiger partial charge in [0.2, 0.25) is 5.16 Å². The van der Waals surface area contributed by atoms with Crippen molar-refractivity contribution in [3.05, 3.63) is 10.4 Å². The summed E-state index contributed by atoms with van der Waals surface area (Å²) in [6.07, 6.45) is 0. The SMILES string of the molecule is COc1nn(C)c([S])nc1=O. The van der Waals surface area contributed by atoms with Gasteiger partial charge in [-0.25, -0.2) is 4.68 Å². The van der Waals surface area contributed by atoms with Crippen molar-refractivity contribution in [2.75, 3.05) is 7.11 Å². The minimum atomic E-state index is -0.532. The molecule has 59 valence electrons. The molecule has 0 bridgehead atoms. The number of methoxy groups -OCH3 is 1. The minimum absolute atomic E-state index is 0.0406. The molecule has 1 radical (unpaired) electrons. The molecule has 0 N–H and O–H groups in total. The van der Waals surface area contributed by atoms with E-state index in [4.69, 9.17) is 0 Å². The summed E-state index contributed by atoms with van der Waals surface area (Å²) in [5.41, 5.74) is -0.532. The fraction of sp³-hybridized carbons (Fsp3) is 0.400. The molecule has 0 spiro atoms. The van der Waals surface area contributed by atoms with E-state index >= 15 is 0 Å². The Hall–Kier alpha value is -1.17. The van der Waals surface area contributed by atoms with Crippen molar-refractivity contribution in [2.24, 2.45) is 7.05 Å². The monoisotopic (exact) mass is 172 g/mol. The predicted molar refractivity (Wildman–Crippen MR) is 39.7 cm³/mol. The lowest BCUT2D eigenvalue weighted by molar-refractivity contribution is 0.366. The first kappa shape index (κ1) is 7.93. The maximum atomic E-state index is 10.8. The van der Waals surface area contributed by atoms with E-state index in [1.807, 2.05) is 0 Å². The van der Waals surface area contributed by atoms with Crippen LogP contribution in [-0.4, -0.2) is 21.9 Å². The summed E-state index contributed by atoms with van der Waals surface area (Å²) in [5.74, 6) is -0.0406. The summed E-state index contributed by atoms with van der Waals surface area (Å²) in [4.78, 5) is 14.3. The smallest absolute Gasteiger partial charge is 0.336 e. The summed E-state index contributed by atoms with van der Waals surface area (Å²) in [7, 11) is 2.95. The van der Waals surface area contributed by atoms with Crippen LogP contribution in [0.4, 0.5) is 0 Å². The van der Waals surface area contributed by atoms with Crippen LogP contribution in [0.2, 0.25) is 0 Å². The van der Waals surface area contributed by atoms with Gasteiger partial charge in [0.25, 0.3) is 5.88 Å². The summed E-state index contributed by atoms with van der Waals surface area (Å²) in [6, 6.07) is 0. The second-order valence-corrected chi connectivity index (χ2v) is 2.20. The standard InChI is InChI=1S/C5H6N3O2S/c1-8-5(11)6-3(9)4(7-8)10-2/h1-2H3. The normalized spacial score (nSPS) is 9.64. The highest BCUT2D eigenvalue weighted by molar-refractivity contribution is 7.80. The summed E-state index contributed by atoms with van der Waals surface area (Å²) in [6.45, 7) is 0. The van der Waals surface area contributed by atoms with Crippen molar-refractivity contribution in [1.82, 2.24) is 14.8 Å². The van der Waals surface area contributed by atoms with Crippen LogP contribution in [0.5, 0.6) is 5.88 Å². The van der Waals surface area contributed by atoms with Gasteiger partial charge in [-0.3, -0.25) is 4.79 Å². The number of hydrogen-bond acceptors (Lipinski definition) is 4. The van der Waals surface area contributed by atoms with Gasteiger partial charge in [-0.15, -0.1) is 5.10 Å². The van der Waals surface area contributed by atoms with Crippen LogP contribution in [0.15, 0.2) is 9.95 Å². The fourth-order valence-electron chi connectivity index (χ4n) is 0.557. The van der Waals surface area contributed by atoms with Gasteiger partial charge in [0.05, 0.1) is 7.11 Å². The zero-order valence-electron chi connectivity index (χ0n) is 6.07. The van der Waals surface area contributed by atoms with E-state index in [2.05, 4.69) is 27.4 Å². The van der Waals surface area contributed by atoms with E-state index in [1.165, 1.54) is 11.8 Å². The third kappa shape index (κ3) is 1.45. The second-order valence-electron chi connectivity index (χ2n) is 1.83. The van der Waals surface area contributed by atoms with E-state index in [1.54, 1.807) is 7.05 Å². The third-order valence-corrected chi connectivity index (χ3v) is 1.45. The van der Waals surface area contributed by atoms with Crippen LogP contribution in [0.25, 0.3) is 0 Å². The number of rotatable bonds is 1. The Morgan fingerprint density at radius 1 is 1.64 bits per heavy atom. The highest BCUT2D eigenvalue weighted by Gasteiger charge is 2.04. The molecule has 11 heavy (non-hydrogen) atoms. The summed E-state index contributed by atoms with van der Waals surface area (Å²) >= 11 is 4.68. The fourth-order valence-corrected chi connectivity index (χ4v) is 0.681. The molecule has 0 aliphatic carbocycles.